The number of allylic oxidation sites excluding steroid dienone is 1. The van der Waals surface area contributed by atoms with Crippen molar-refractivity contribution in [3.8, 4) is 28.2 Å². The quantitative estimate of drug-likeness (QED) is 0.440. The molecule has 35 heavy (non-hydrogen) atoms. The first-order chi connectivity index (χ1) is 16.8. The molecule has 1 heterocycles. The largest absolute Gasteiger partial charge is 0.507 e. The Morgan fingerprint density at radius 1 is 0.743 bits per heavy atom. The molecule has 0 unspecified atom stereocenters. The average molecular weight is 491 g/mol. The number of para-hydroxylation sites is 1. The van der Waals surface area contributed by atoms with E-state index >= 15 is 0 Å². The number of rotatable bonds is 3. The molecule has 0 fully saturated rings. The summed E-state index contributed by atoms with van der Waals surface area (Å²) in [6, 6.07) is 30.4. The molecule has 5 rings (SSSR count). The second-order valence-electron chi connectivity index (χ2n) is 8.02. The molecule has 7 heteroatoms. The Morgan fingerprint density at radius 2 is 1.31 bits per heavy atom. The SMILES string of the molecule is Oc1ccccc1C=C1CCCc2c(-c3ccccc3)cc(-c3ccccc3)[o+]c21.[O-][Cl+3]([O-])([O-])[O-]. The van der Waals surface area contributed by atoms with E-state index in [0.717, 1.165) is 47.5 Å². The van der Waals surface area contributed by atoms with Gasteiger partial charge in [0.15, 0.2) is 0 Å². The first-order valence-corrected chi connectivity index (χ1v) is 12.2. The zero-order valence-electron chi connectivity index (χ0n) is 18.7. The van der Waals surface area contributed by atoms with Crippen molar-refractivity contribution < 1.29 is 38.4 Å². The van der Waals surface area contributed by atoms with Gasteiger partial charge in [-0.05, 0) is 49.1 Å². The second kappa shape index (κ2) is 10.8. The maximum atomic E-state index is 10.3. The van der Waals surface area contributed by atoms with Crippen LogP contribution in [0.3, 0.4) is 0 Å². The molecular formula is C28H23ClO6. The highest BCUT2D eigenvalue weighted by atomic mass is 35.7. The minimum atomic E-state index is -4.94. The van der Waals surface area contributed by atoms with Crippen molar-refractivity contribution in [3.63, 3.8) is 0 Å². The van der Waals surface area contributed by atoms with Crippen molar-refractivity contribution in [3.05, 3.63) is 108 Å². The van der Waals surface area contributed by atoms with E-state index in [2.05, 4.69) is 48.5 Å². The monoisotopic (exact) mass is 490 g/mol. The van der Waals surface area contributed by atoms with Crippen LogP contribution in [0.25, 0.3) is 34.1 Å². The Kier molecular flexibility index (Phi) is 7.60. The summed E-state index contributed by atoms with van der Waals surface area (Å²) in [5.74, 6) is 2.09. The summed E-state index contributed by atoms with van der Waals surface area (Å²) >= 11 is 0. The fourth-order valence-electron chi connectivity index (χ4n) is 4.17. The molecule has 1 aliphatic rings. The van der Waals surface area contributed by atoms with Gasteiger partial charge >= 0.3 is 11.5 Å². The Labute approximate surface area is 205 Å². The standard InChI is InChI=1S/C28H22O2.ClHO4/c29-26-17-8-7-14-22(26)18-23-15-9-16-24-25(20-10-3-1-4-11-20)19-27(30-28(23)24)21-12-5-2-6-13-21;2-1(3,4)5/h1-8,10-14,17-19H,9,15-16H2;(H,2,3,4,5). The average Bonchev–Trinajstić information content (AvgIpc) is 2.85. The number of halogens is 1. The first-order valence-electron chi connectivity index (χ1n) is 11.0. The van der Waals surface area contributed by atoms with Crippen molar-refractivity contribution in [1.29, 1.82) is 0 Å². The van der Waals surface area contributed by atoms with Crippen LogP contribution in [-0.2, 0) is 6.42 Å². The van der Waals surface area contributed by atoms with Crippen LogP contribution in [0.1, 0.15) is 29.7 Å². The van der Waals surface area contributed by atoms with Gasteiger partial charge in [-0.25, -0.2) is 23.1 Å². The summed E-state index contributed by atoms with van der Waals surface area (Å²) in [4.78, 5) is 0. The highest BCUT2D eigenvalue weighted by molar-refractivity contribution is 5.86. The fourth-order valence-corrected chi connectivity index (χ4v) is 4.17. The van der Waals surface area contributed by atoms with E-state index < -0.39 is 10.2 Å². The molecule has 3 aromatic carbocycles. The first kappa shape index (κ1) is 24.6. The predicted molar refractivity (Wildman–Crippen MR) is 123 cm³/mol. The Bertz CT molecular complexity index is 1310. The Balaban J connectivity index is 0.000000527. The van der Waals surface area contributed by atoms with Crippen LogP contribution in [0.4, 0.5) is 0 Å². The molecular weight excluding hydrogens is 468 g/mol. The third-order valence-corrected chi connectivity index (χ3v) is 5.66. The normalized spacial score (nSPS) is 14.1. The van der Waals surface area contributed by atoms with Gasteiger partial charge in [0.25, 0.3) is 0 Å². The van der Waals surface area contributed by atoms with Crippen LogP contribution in [-0.4, -0.2) is 5.11 Å². The summed E-state index contributed by atoms with van der Waals surface area (Å²) in [6.45, 7) is 0. The number of hydrogen-bond donors (Lipinski definition) is 1. The molecule has 4 aromatic rings. The Morgan fingerprint density at radius 3 is 1.94 bits per heavy atom. The molecule has 1 N–H and O–H groups in total. The minimum absolute atomic E-state index is 0.291. The van der Waals surface area contributed by atoms with Crippen molar-refractivity contribution >= 4 is 11.6 Å². The molecule has 0 atom stereocenters. The molecule has 1 aromatic heterocycles. The van der Waals surface area contributed by atoms with Gasteiger partial charge in [0.2, 0.25) is 0 Å². The molecule has 0 amide bonds. The molecule has 0 bridgehead atoms. The maximum Gasteiger partial charge on any atom is 0.361 e. The van der Waals surface area contributed by atoms with Crippen LogP contribution in [0.2, 0.25) is 0 Å². The molecule has 0 saturated heterocycles. The van der Waals surface area contributed by atoms with E-state index in [1.807, 2.05) is 42.5 Å². The number of phenols is 1. The summed E-state index contributed by atoms with van der Waals surface area (Å²) < 4.78 is 40.5. The van der Waals surface area contributed by atoms with E-state index in [4.69, 9.17) is 23.1 Å². The third-order valence-electron chi connectivity index (χ3n) is 5.66. The topological polar surface area (TPSA) is 124 Å². The number of hydrogen-bond acceptors (Lipinski definition) is 5. The zero-order chi connectivity index (χ0) is 24.8. The van der Waals surface area contributed by atoms with Crippen LogP contribution >= 0.6 is 0 Å². The summed E-state index contributed by atoms with van der Waals surface area (Å²) in [7, 11) is -4.94. The lowest BCUT2D eigenvalue weighted by molar-refractivity contribution is -2.00. The highest BCUT2D eigenvalue weighted by Crippen LogP contribution is 2.41. The molecule has 6 nitrogen and oxygen atoms in total. The van der Waals surface area contributed by atoms with Gasteiger partial charge in [0.1, 0.15) is 5.75 Å². The van der Waals surface area contributed by atoms with Gasteiger partial charge in [-0.3, -0.25) is 0 Å². The minimum Gasteiger partial charge on any atom is -0.507 e. The van der Waals surface area contributed by atoms with Gasteiger partial charge in [0.05, 0.1) is 22.8 Å². The fraction of sp³-hybridized carbons (Fsp3) is 0.107. The van der Waals surface area contributed by atoms with Crippen LogP contribution in [0, 0.1) is 10.2 Å². The number of phenolic OH excluding ortho intramolecular Hbond substituents is 1. The lowest BCUT2D eigenvalue weighted by atomic mass is 9.86. The van der Waals surface area contributed by atoms with Crippen molar-refractivity contribution in [2.75, 3.05) is 0 Å². The van der Waals surface area contributed by atoms with E-state index in [9.17, 15) is 5.11 Å². The molecule has 1 aliphatic carbocycles. The number of fused-ring (bicyclic) bond motifs is 1. The lowest BCUT2D eigenvalue weighted by Gasteiger charge is -2.17. The zero-order valence-corrected chi connectivity index (χ0v) is 19.5. The molecule has 0 aliphatic heterocycles. The number of benzene rings is 3. The third kappa shape index (κ3) is 6.54. The summed E-state index contributed by atoms with van der Waals surface area (Å²) in [5, 5.41) is 10.3. The second-order valence-corrected chi connectivity index (χ2v) is 8.78. The number of aromatic hydroxyl groups is 1. The van der Waals surface area contributed by atoms with Crippen LogP contribution in [0.5, 0.6) is 5.75 Å². The van der Waals surface area contributed by atoms with Crippen molar-refractivity contribution in [1.82, 2.24) is 0 Å². The predicted octanol–water partition coefficient (Wildman–Crippen LogP) is 2.72. The van der Waals surface area contributed by atoms with E-state index in [0.29, 0.717) is 5.75 Å². The van der Waals surface area contributed by atoms with Gasteiger partial charge in [-0.15, -0.1) is 10.2 Å². The van der Waals surface area contributed by atoms with E-state index in [1.165, 1.54) is 16.7 Å². The van der Waals surface area contributed by atoms with Gasteiger partial charge in [-0.1, -0.05) is 66.7 Å². The smallest absolute Gasteiger partial charge is 0.361 e. The van der Waals surface area contributed by atoms with Crippen LogP contribution < -0.4 is 18.6 Å². The van der Waals surface area contributed by atoms with Gasteiger partial charge in [0, 0.05) is 11.1 Å². The Hall–Kier alpha value is -3.52. The van der Waals surface area contributed by atoms with Crippen LogP contribution in [0.15, 0.2) is 95.4 Å². The molecule has 0 spiro atoms. The van der Waals surface area contributed by atoms with Crippen molar-refractivity contribution in [2.24, 2.45) is 0 Å². The summed E-state index contributed by atoms with van der Waals surface area (Å²) in [5.41, 5.74) is 6.68. The van der Waals surface area contributed by atoms with Gasteiger partial charge in [-0.2, -0.15) is 0 Å². The maximum absolute atomic E-state index is 10.3. The summed E-state index contributed by atoms with van der Waals surface area (Å²) in [6.07, 6.45) is 5.04. The molecule has 0 saturated carbocycles. The van der Waals surface area contributed by atoms with E-state index in [-0.39, 0.29) is 0 Å². The lowest BCUT2D eigenvalue weighted by Crippen LogP contribution is -2.68. The molecule has 178 valence electrons. The highest BCUT2D eigenvalue weighted by Gasteiger charge is 2.31. The molecule has 0 radical (unpaired) electrons. The van der Waals surface area contributed by atoms with Crippen molar-refractivity contribution in [2.45, 2.75) is 19.3 Å². The van der Waals surface area contributed by atoms with Gasteiger partial charge < -0.3 is 5.11 Å². The van der Waals surface area contributed by atoms with E-state index in [1.54, 1.807) is 6.07 Å².